The highest BCUT2D eigenvalue weighted by Crippen LogP contribution is 2.27. The van der Waals surface area contributed by atoms with Crippen molar-refractivity contribution in [1.82, 2.24) is 0 Å². The summed E-state index contributed by atoms with van der Waals surface area (Å²) >= 11 is 3.16. The largest absolute Gasteiger partial charge is 0.496 e. The number of carbonyl (C=O) groups excluding carboxylic acids is 1. The standard InChI is InChI=1S/C12H8BrFO3/c1-16-9-4-2-3-8(14)10(9)11(15)12-7(13)5-6-17-12/h2-6H,1H3. The average Bonchev–Trinajstić information content (AvgIpc) is 2.74. The Morgan fingerprint density at radius 1 is 1.41 bits per heavy atom. The third kappa shape index (κ3) is 2.10. The first-order chi connectivity index (χ1) is 8.15. The summed E-state index contributed by atoms with van der Waals surface area (Å²) in [5.41, 5.74) is -0.134. The molecule has 0 spiro atoms. The molecule has 0 aliphatic rings. The Kier molecular flexibility index (Phi) is 3.28. The van der Waals surface area contributed by atoms with Crippen molar-refractivity contribution in [3.05, 3.63) is 52.1 Å². The van der Waals surface area contributed by atoms with Crippen LogP contribution in [0.15, 0.2) is 39.4 Å². The predicted octanol–water partition coefficient (Wildman–Crippen LogP) is 3.42. The minimum atomic E-state index is -0.641. The molecule has 0 unspecified atom stereocenters. The molecule has 88 valence electrons. The second-order valence-electron chi connectivity index (χ2n) is 3.24. The zero-order chi connectivity index (χ0) is 12.4. The highest BCUT2D eigenvalue weighted by molar-refractivity contribution is 9.10. The van der Waals surface area contributed by atoms with Gasteiger partial charge in [0.1, 0.15) is 17.1 Å². The molecule has 0 aliphatic heterocycles. The number of ether oxygens (including phenoxy) is 1. The maximum absolute atomic E-state index is 13.7. The van der Waals surface area contributed by atoms with E-state index in [1.54, 1.807) is 6.07 Å². The molecule has 5 heteroatoms. The summed E-state index contributed by atoms with van der Waals surface area (Å²) in [5.74, 6) is -0.971. The SMILES string of the molecule is COc1cccc(F)c1C(=O)c1occc1Br. The fourth-order valence-electron chi connectivity index (χ4n) is 1.46. The maximum Gasteiger partial charge on any atom is 0.236 e. The van der Waals surface area contributed by atoms with E-state index in [0.29, 0.717) is 4.47 Å². The van der Waals surface area contributed by atoms with Crippen molar-refractivity contribution in [2.75, 3.05) is 7.11 Å². The lowest BCUT2D eigenvalue weighted by Gasteiger charge is -2.07. The Bertz CT molecular complexity index is 563. The Morgan fingerprint density at radius 3 is 2.76 bits per heavy atom. The Balaban J connectivity index is 2.55. The van der Waals surface area contributed by atoms with E-state index in [-0.39, 0.29) is 17.1 Å². The molecule has 0 N–H and O–H groups in total. The molecule has 0 saturated carbocycles. The number of ketones is 1. The minimum Gasteiger partial charge on any atom is -0.496 e. The number of hydrogen-bond donors (Lipinski definition) is 0. The lowest BCUT2D eigenvalue weighted by molar-refractivity contribution is 0.100. The Hall–Kier alpha value is -1.62. The molecule has 3 nitrogen and oxygen atoms in total. The van der Waals surface area contributed by atoms with E-state index < -0.39 is 11.6 Å². The molecule has 17 heavy (non-hydrogen) atoms. The van der Waals surface area contributed by atoms with Gasteiger partial charge in [0.25, 0.3) is 0 Å². The van der Waals surface area contributed by atoms with Gasteiger partial charge in [-0.1, -0.05) is 6.07 Å². The number of hydrogen-bond acceptors (Lipinski definition) is 3. The smallest absolute Gasteiger partial charge is 0.236 e. The van der Waals surface area contributed by atoms with E-state index >= 15 is 0 Å². The molecule has 0 aliphatic carbocycles. The van der Waals surface area contributed by atoms with Crippen LogP contribution in [-0.4, -0.2) is 12.9 Å². The van der Waals surface area contributed by atoms with E-state index in [2.05, 4.69) is 15.9 Å². The fourth-order valence-corrected chi connectivity index (χ4v) is 1.85. The van der Waals surface area contributed by atoms with Gasteiger partial charge in [0, 0.05) is 0 Å². The van der Waals surface area contributed by atoms with Crippen molar-refractivity contribution in [1.29, 1.82) is 0 Å². The summed E-state index contributed by atoms with van der Waals surface area (Å²) in [7, 11) is 1.38. The van der Waals surface area contributed by atoms with E-state index in [1.807, 2.05) is 0 Å². The Labute approximate surface area is 105 Å². The van der Waals surface area contributed by atoms with Crippen molar-refractivity contribution < 1.29 is 18.3 Å². The normalized spacial score (nSPS) is 10.3. The third-order valence-corrected chi connectivity index (χ3v) is 2.87. The van der Waals surface area contributed by atoms with Gasteiger partial charge in [0.2, 0.25) is 5.78 Å². The molecule has 2 aromatic rings. The van der Waals surface area contributed by atoms with E-state index in [0.717, 1.165) is 0 Å². The van der Waals surface area contributed by atoms with Crippen LogP contribution in [0.3, 0.4) is 0 Å². The number of rotatable bonds is 3. The third-order valence-electron chi connectivity index (χ3n) is 2.25. The molecular weight excluding hydrogens is 291 g/mol. The van der Waals surface area contributed by atoms with Crippen LogP contribution in [0.1, 0.15) is 16.1 Å². The summed E-state index contributed by atoms with van der Waals surface area (Å²) in [4.78, 5) is 12.1. The van der Waals surface area contributed by atoms with Crippen LogP contribution in [0.25, 0.3) is 0 Å². The maximum atomic E-state index is 13.7. The average molecular weight is 299 g/mol. The van der Waals surface area contributed by atoms with Gasteiger partial charge < -0.3 is 9.15 Å². The molecular formula is C12H8BrFO3. The monoisotopic (exact) mass is 298 g/mol. The first kappa shape index (κ1) is 11.9. The van der Waals surface area contributed by atoms with Gasteiger partial charge in [-0.15, -0.1) is 0 Å². The topological polar surface area (TPSA) is 39.4 Å². The zero-order valence-electron chi connectivity index (χ0n) is 8.87. The van der Waals surface area contributed by atoms with Gasteiger partial charge in [0.05, 0.1) is 17.8 Å². The first-order valence-electron chi connectivity index (χ1n) is 4.75. The Morgan fingerprint density at radius 2 is 2.18 bits per heavy atom. The summed E-state index contributed by atoms with van der Waals surface area (Å²) in [6.07, 6.45) is 1.35. The minimum absolute atomic E-state index is 0.0494. The summed E-state index contributed by atoms with van der Waals surface area (Å²) < 4.78 is 24.1. The fraction of sp³-hybridized carbons (Fsp3) is 0.0833. The van der Waals surface area contributed by atoms with Gasteiger partial charge >= 0.3 is 0 Å². The lowest BCUT2D eigenvalue weighted by atomic mass is 10.1. The quantitative estimate of drug-likeness (QED) is 0.815. The molecule has 0 bridgehead atoms. The van der Waals surface area contributed by atoms with Gasteiger partial charge in [-0.2, -0.15) is 0 Å². The van der Waals surface area contributed by atoms with E-state index in [9.17, 15) is 9.18 Å². The first-order valence-corrected chi connectivity index (χ1v) is 5.54. The summed E-state index contributed by atoms with van der Waals surface area (Å²) in [6.45, 7) is 0. The number of furan rings is 1. The molecule has 0 amide bonds. The van der Waals surface area contributed by atoms with E-state index in [4.69, 9.17) is 9.15 Å². The second-order valence-corrected chi connectivity index (χ2v) is 4.10. The van der Waals surface area contributed by atoms with Crippen molar-refractivity contribution in [3.63, 3.8) is 0 Å². The number of methoxy groups -OCH3 is 1. The van der Waals surface area contributed by atoms with Crippen LogP contribution in [0.4, 0.5) is 4.39 Å². The zero-order valence-corrected chi connectivity index (χ0v) is 10.5. The van der Waals surface area contributed by atoms with Gasteiger partial charge in [-0.05, 0) is 34.1 Å². The molecule has 1 heterocycles. The van der Waals surface area contributed by atoms with Gasteiger partial charge in [-0.3, -0.25) is 4.79 Å². The molecule has 1 aromatic heterocycles. The number of benzene rings is 1. The van der Waals surface area contributed by atoms with Crippen molar-refractivity contribution in [3.8, 4) is 5.75 Å². The second kappa shape index (κ2) is 4.71. The highest BCUT2D eigenvalue weighted by atomic mass is 79.9. The summed E-state index contributed by atoms with van der Waals surface area (Å²) in [5, 5.41) is 0. The lowest BCUT2D eigenvalue weighted by Crippen LogP contribution is -2.06. The van der Waals surface area contributed by atoms with Crippen LogP contribution in [-0.2, 0) is 0 Å². The van der Waals surface area contributed by atoms with Crippen molar-refractivity contribution in [2.45, 2.75) is 0 Å². The van der Waals surface area contributed by atoms with Crippen LogP contribution < -0.4 is 4.74 Å². The molecule has 0 radical (unpaired) electrons. The van der Waals surface area contributed by atoms with Crippen molar-refractivity contribution >= 4 is 21.7 Å². The molecule has 1 aromatic carbocycles. The number of carbonyl (C=O) groups is 1. The molecule has 0 saturated heterocycles. The van der Waals surface area contributed by atoms with Crippen LogP contribution >= 0.6 is 15.9 Å². The van der Waals surface area contributed by atoms with E-state index in [1.165, 1.54) is 31.6 Å². The molecule has 0 atom stereocenters. The van der Waals surface area contributed by atoms with Crippen molar-refractivity contribution in [2.24, 2.45) is 0 Å². The van der Waals surface area contributed by atoms with Crippen LogP contribution in [0.5, 0.6) is 5.75 Å². The van der Waals surface area contributed by atoms with Crippen LogP contribution in [0.2, 0.25) is 0 Å². The predicted molar refractivity (Wildman–Crippen MR) is 62.8 cm³/mol. The van der Waals surface area contributed by atoms with Gasteiger partial charge in [-0.25, -0.2) is 4.39 Å². The van der Waals surface area contributed by atoms with Crippen LogP contribution in [0, 0.1) is 5.82 Å². The number of halogens is 2. The summed E-state index contributed by atoms with van der Waals surface area (Å²) in [6, 6.07) is 5.77. The van der Waals surface area contributed by atoms with Gasteiger partial charge in [0.15, 0.2) is 5.76 Å². The molecule has 2 rings (SSSR count). The molecule has 0 fully saturated rings. The highest BCUT2D eigenvalue weighted by Gasteiger charge is 2.23.